The second-order valence-corrected chi connectivity index (χ2v) is 10.4. The summed E-state index contributed by atoms with van der Waals surface area (Å²) in [5.41, 5.74) is 1.44. The Bertz CT molecular complexity index is 1400. The number of carbonyl (C=O) groups excluding carboxylic acids is 3. The second kappa shape index (κ2) is 10.2. The van der Waals surface area contributed by atoms with Crippen LogP contribution in [0.5, 0.6) is 0 Å². The number of fused-ring (bicyclic) bond motifs is 2. The maximum atomic E-state index is 13.4. The fraction of sp³-hybridized carbons (Fsp3) is 0.393. The zero-order valence-corrected chi connectivity index (χ0v) is 21.6. The summed E-state index contributed by atoms with van der Waals surface area (Å²) >= 11 is 6.06. The Morgan fingerprint density at radius 1 is 0.868 bits per heavy atom. The summed E-state index contributed by atoms with van der Waals surface area (Å²) in [7, 11) is 0. The average Bonchev–Trinajstić information content (AvgIpc) is 3.23. The van der Waals surface area contributed by atoms with Gasteiger partial charge in [0.25, 0.3) is 5.91 Å². The van der Waals surface area contributed by atoms with Crippen molar-refractivity contribution in [3.63, 3.8) is 0 Å². The third-order valence-electron chi connectivity index (χ3n) is 7.68. The van der Waals surface area contributed by atoms with E-state index in [2.05, 4.69) is 9.97 Å². The molecule has 3 aromatic rings. The van der Waals surface area contributed by atoms with Gasteiger partial charge in [-0.05, 0) is 43.2 Å². The monoisotopic (exact) mass is 533 g/mol. The van der Waals surface area contributed by atoms with Crippen LogP contribution in [0, 0.1) is 5.92 Å². The van der Waals surface area contributed by atoms with Gasteiger partial charge >= 0.3 is 6.09 Å². The molecule has 2 fully saturated rings. The number of halogens is 1. The van der Waals surface area contributed by atoms with Gasteiger partial charge in [-0.25, -0.2) is 14.8 Å². The predicted octanol–water partition coefficient (Wildman–Crippen LogP) is 4.80. The molecular weight excluding hydrogens is 506 g/mol. The first-order valence-corrected chi connectivity index (χ1v) is 13.5. The molecule has 1 unspecified atom stereocenters. The van der Waals surface area contributed by atoms with E-state index in [1.165, 1.54) is 11.3 Å². The van der Waals surface area contributed by atoms with Gasteiger partial charge in [-0.2, -0.15) is 0 Å². The van der Waals surface area contributed by atoms with E-state index in [1.807, 2.05) is 4.90 Å². The van der Waals surface area contributed by atoms with Crippen LogP contribution in [-0.2, 0) is 9.53 Å². The number of hydrogen-bond donors (Lipinski definition) is 0. The molecule has 0 spiro atoms. The van der Waals surface area contributed by atoms with Gasteiger partial charge in [0.2, 0.25) is 12.1 Å². The lowest BCUT2D eigenvalue weighted by Gasteiger charge is -2.37. The minimum Gasteiger partial charge on any atom is -0.420 e. The molecule has 1 atom stereocenters. The molecule has 0 N–H and O–H groups in total. The minimum absolute atomic E-state index is 0.107. The first kappa shape index (κ1) is 24.6. The van der Waals surface area contributed by atoms with Crippen LogP contribution in [0.2, 0.25) is 5.15 Å². The number of hydrogen-bond acceptors (Lipinski definition) is 6. The van der Waals surface area contributed by atoms with E-state index in [9.17, 15) is 14.4 Å². The molecule has 3 aliphatic rings. The number of nitrogens with zero attached hydrogens (tertiary/aromatic N) is 5. The number of rotatable bonds is 3. The van der Waals surface area contributed by atoms with E-state index < -0.39 is 12.3 Å². The Morgan fingerprint density at radius 2 is 1.58 bits per heavy atom. The van der Waals surface area contributed by atoms with Crippen molar-refractivity contribution in [1.82, 2.24) is 19.8 Å². The van der Waals surface area contributed by atoms with Crippen LogP contribution in [-0.4, -0.2) is 63.9 Å². The van der Waals surface area contributed by atoms with Crippen LogP contribution in [0.1, 0.15) is 54.3 Å². The highest BCUT2D eigenvalue weighted by atomic mass is 35.5. The van der Waals surface area contributed by atoms with E-state index in [0.29, 0.717) is 53.9 Å². The van der Waals surface area contributed by atoms with Crippen LogP contribution < -0.4 is 4.90 Å². The summed E-state index contributed by atoms with van der Waals surface area (Å²) in [6, 6.07) is 14.1. The largest absolute Gasteiger partial charge is 0.420 e. The van der Waals surface area contributed by atoms with Crippen LogP contribution in [0.3, 0.4) is 0 Å². The number of carbonyl (C=O) groups is 3. The molecule has 1 saturated heterocycles. The predicted molar refractivity (Wildman–Crippen MR) is 142 cm³/mol. The molecule has 196 valence electrons. The molecule has 9 nitrogen and oxygen atoms in total. The van der Waals surface area contributed by atoms with Crippen LogP contribution in [0.25, 0.3) is 11.0 Å². The lowest BCUT2D eigenvalue weighted by Crippen LogP contribution is -2.52. The first-order chi connectivity index (χ1) is 18.5. The Kier molecular flexibility index (Phi) is 6.61. The summed E-state index contributed by atoms with van der Waals surface area (Å²) in [4.78, 5) is 53.3. The fourth-order valence-electron chi connectivity index (χ4n) is 5.61. The highest BCUT2D eigenvalue weighted by Crippen LogP contribution is 2.38. The number of piperazine rings is 1. The van der Waals surface area contributed by atoms with Crippen molar-refractivity contribution in [2.24, 2.45) is 5.92 Å². The molecule has 10 heteroatoms. The van der Waals surface area contributed by atoms with Crippen molar-refractivity contribution in [2.45, 2.75) is 38.3 Å². The van der Waals surface area contributed by atoms with Gasteiger partial charge in [0.1, 0.15) is 11.0 Å². The zero-order valence-electron chi connectivity index (χ0n) is 20.9. The molecule has 2 aromatic heterocycles. The number of amides is 3. The van der Waals surface area contributed by atoms with E-state index in [4.69, 9.17) is 16.3 Å². The standard InChI is InChI=1S/C28H28ClN5O4/c29-22-12-10-18-11-13-23(31-24(18)30-22)34-26(36)20-8-4-5-9-21(20)27(34)38-28(37)33-16-14-32(15-17-33)25(35)19-6-2-1-3-7-19/h4-5,8-13,19,27H,1-3,6-7,14-17H2. The van der Waals surface area contributed by atoms with E-state index >= 15 is 0 Å². The van der Waals surface area contributed by atoms with E-state index in [-0.39, 0.29) is 17.7 Å². The van der Waals surface area contributed by atoms with Crippen molar-refractivity contribution < 1.29 is 19.1 Å². The van der Waals surface area contributed by atoms with Crippen LogP contribution >= 0.6 is 11.6 Å². The molecule has 2 aliphatic heterocycles. The Balaban J connectivity index is 1.20. The van der Waals surface area contributed by atoms with E-state index in [0.717, 1.165) is 31.1 Å². The molecule has 38 heavy (non-hydrogen) atoms. The molecule has 1 saturated carbocycles. The molecule has 1 aliphatic carbocycles. The van der Waals surface area contributed by atoms with Crippen molar-refractivity contribution in [3.8, 4) is 0 Å². The first-order valence-electron chi connectivity index (χ1n) is 13.1. The summed E-state index contributed by atoms with van der Waals surface area (Å²) in [5, 5.41) is 1.07. The number of ether oxygens (including phenoxy) is 1. The molecule has 0 radical (unpaired) electrons. The van der Waals surface area contributed by atoms with Crippen molar-refractivity contribution in [3.05, 3.63) is 64.8 Å². The van der Waals surface area contributed by atoms with Gasteiger partial charge in [-0.1, -0.05) is 49.1 Å². The summed E-state index contributed by atoms with van der Waals surface area (Å²) in [6.45, 7) is 1.73. The lowest BCUT2D eigenvalue weighted by molar-refractivity contribution is -0.138. The summed E-state index contributed by atoms with van der Waals surface area (Å²) in [6.07, 6.45) is 3.82. The number of anilines is 1. The van der Waals surface area contributed by atoms with Gasteiger partial charge in [-0.3, -0.25) is 14.5 Å². The molecule has 1 aromatic carbocycles. The minimum atomic E-state index is -0.975. The second-order valence-electron chi connectivity index (χ2n) is 10.00. The van der Waals surface area contributed by atoms with Crippen molar-refractivity contribution >= 4 is 46.4 Å². The molecular formula is C28H28ClN5O4. The van der Waals surface area contributed by atoms with Crippen molar-refractivity contribution in [1.29, 1.82) is 0 Å². The Morgan fingerprint density at radius 3 is 2.37 bits per heavy atom. The number of pyridine rings is 2. The molecule has 0 bridgehead atoms. The van der Waals surface area contributed by atoms with Crippen LogP contribution in [0.15, 0.2) is 48.5 Å². The normalized spacial score (nSPS) is 20.1. The quantitative estimate of drug-likeness (QED) is 0.449. The summed E-state index contributed by atoms with van der Waals surface area (Å²) in [5.74, 6) is 0.315. The SMILES string of the molecule is O=C(OC1c2ccccc2C(=O)N1c1ccc2ccc(Cl)nc2n1)N1CCN(C(=O)C2CCCCC2)CC1. The fourth-order valence-corrected chi connectivity index (χ4v) is 5.75. The molecule has 6 rings (SSSR count). The molecule has 4 heterocycles. The van der Waals surface area contributed by atoms with E-state index in [1.54, 1.807) is 53.4 Å². The van der Waals surface area contributed by atoms with Gasteiger partial charge in [0.15, 0.2) is 5.65 Å². The van der Waals surface area contributed by atoms with Gasteiger partial charge in [0, 0.05) is 48.6 Å². The number of benzene rings is 1. The molecule has 3 amide bonds. The smallest absolute Gasteiger partial charge is 0.412 e. The third-order valence-corrected chi connectivity index (χ3v) is 7.89. The Hall–Kier alpha value is -3.72. The number of aromatic nitrogens is 2. The highest BCUT2D eigenvalue weighted by Gasteiger charge is 2.42. The van der Waals surface area contributed by atoms with Gasteiger partial charge < -0.3 is 14.5 Å². The maximum absolute atomic E-state index is 13.4. The van der Waals surface area contributed by atoms with Crippen molar-refractivity contribution in [2.75, 3.05) is 31.1 Å². The van der Waals surface area contributed by atoms with Crippen LogP contribution in [0.4, 0.5) is 10.6 Å². The average molecular weight is 534 g/mol. The summed E-state index contributed by atoms with van der Waals surface area (Å²) < 4.78 is 5.96. The topological polar surface area (TPSA) is 95.9 Å². The third kappa shape index (κ3) is 4.55. The maximum Gasteiger partial charge on any atom is 0.412 e. The zero-order chi connectivity index (χ0) is 26.2. The highest BCUT2D eigenvalue weighted by molar-refractivity contribution is 6.29. The van der Waals surface area contributed by atoms with Gasteiger partial charge in [-0.15, -0.1) is 0 Å². The Labute approximate surface area is 225 Å². The lowest BCUT2D eigenvalue weighted by atomic mass is 9.88. The van der Waals surface area contributed by atoms with Gasteiger partial charge in [0.05, 0.1) is 0 Å².